The second-order valence-corrected chi connectivity index (χ2v) is 8.10. The molecule has 0 saturated heterocycles. The number of benzene rings is 2. The predicted octanol–water partition coefficient (Wildman–Crippen LogP) is 3.12. The third kappa shape index (κ3) is 4.73. The van der Waals surface area contributed by atoms with Gasteiger partial charge in [0.2, 0.25) is 10.0 Å². The zero-order valence-corrected chi connectivity index (χ0v) is 16.8. The maximum Gasteiger partial charge on any atom is 0.270 e. The molecule has 0 spiro atoms. The van der Waals surface area contributed by atoms with Crippen molar-refractivity contribution < 1.29 is 18.1 Å². The van der Waals surface area contributed by atoms with Crippen LogP contribution in [0.4, 0.5) is 5.69 Å². The van der Waals surface area contributed by atoms with Crippen LogP contribution in [0.3, 0.4) is 0 Å². The minimum absolute atomic E-state index is 0.161. The topological polar surface area (TPSA) is 110 Å². The highest BCUT2D eigenvalue weighted by molar-refractivity contribution is 7.89. The summed E-state index contributed by atoms with van der Waals surface area (Å²) in [6.07, 6.45) is 0. The first-order valence-corrected chi connectivity index (χ1v) is 10.3. The van der Waals surface area contributed by atoms with Crippen LogP contribution in [0, 0.1) is 10.1 Å². The molecule has 0 aliphatic carbocycles. The van der Waals surface area contributed by atoms with Crippen LogP contribution in [0.2, 0.25) is 0 Å². The zero-order chi connectivity index (χ0) is 20.9. The number of non-ortho nitro benzene ring substituents is 1. The van der Waals surface area contributed by atoms with Crippen molar-refractivity contribution in [2.45, 2.75) is 31.7 Å². The average Bonchev–Trinajstić information content (AvgIpc) is 2.68. The highest BCUT2D eigenvalue weighted by Crippen LogP contribution is 2.20. The van der Waals surface area contributed by atoms with Crippen LogP contribution in [0.1, 0.15) is 42.7 Å². The molecule has 2 aromatic carbocycles. The van der Waals surface area contributed by atoms with Gasteiger partial charge >= 0.3 is 0 Å². The lowest BCUT2D eigenvalue weighted by molar-refractivity contribution is -0.384. The molecule has 1 N–H and O–H groups in total. The summed E-state index contributed by atoms with van der Waals surface area (Å²) in [6, 6.07) is 11.4. The van der Waals surface area contributed by atoms with Gasteiger partial charge in [-0.25, -0.2) is 8.42 Å². The summed E-state index contributed by atoms with van der Waals surface area (Å²) < 4.78 is 26.4. The van der Waals surface area contributed by atoms with Crippen LogP contribution < -0.4 is 5.32 Å². The van der Waals surface area contributed by atoms with Gasteiger partial charge in [0.25, 0.3) is 11.6 Å². The maximum absolute atomic E-state index is 12.5. The number of nitrogens with one attached hydrogen (secondary N) is 1. The van der Waals surface area contributed by atoms with E-state index in [1.807, 2.05) is 0 Å². The summed E-state index contributed by atoms with van der Waals surface area (Å²) in [5, 5.41) is 13.6. The smallest absolute Gasteiger partial charge is 0.270 e. The molecule has 9 heteroatoms. The molecule has 1 unspecified atom stereocenters. The fourth-order valence-corrected chi connectivity index (χ4v) is 4.22. The van der Waals surface area contributed by atoms with E-state index in [9.17, 15) is 23.3 Å². The molecule has 2 aromatic rings. The first-order chi connectivity index (χ1) is 13.2. The molecule has 0 aromatic heterocycles. The summed E-state index contributed by atoms with van der Waals surface area (Å²) in [4.78, 5) is 22.8. The molecule has 0 bridgehead atoms. The Morgan fingerprint density at radius 1 is 1.14 bits per heavy atom. The number of nitro benzene ring substituents is 1. The van der Waals surface area contributed by atoms with Crippen LogP contribution >= 0.6 is 0 Å². The van der Waals surface area contributed by atoms with Crippen molar-refractivity contribution in [3.8, 4) is 0 Å². The molecule has 150 valence electrons. The standard InChI is InChI=1S/C19H23N3O5S/c1-4-21(5-2)28(26,27)18-11-9-15(10-12-18)14(3)20-19(23)16-7-6-8-17(13-16)22(24)25/h6-14H,4-5H2,1-3H3,(H,20,23). The van der Waals surface area contributed by atoms with Crippen molar-refractivity contribution in [3.05, 3.63) is 69.8 Å². The van der Waals surface area contributed by atoms with E-state index in [0.717, 1.165) is 5.56 Å². The molecule has 0 saturated carbocycles. The SMILES string of the molecule is CCN(CC)S(=O)(=O)c1ccc(C(C)NC(=O)c2cccc([N+](=O)[O-])c2)cc1. The minimum Gasteiger partial charge on any atom is -0.346 e. The van der Waals surface area contributed by atoms with E-state index in [2.05, 4.69) is 5.32 Å². The van der Waals surface area contributed by atoms with Gasteiger partial charge in [-0.15, -0.1) is 0 Å². The Hall–Kier alpha value is -2.78. The van der Waals surface area contributed by atoms with Gasteiger partial charge in [0.05, 0.1) is 15.9 Å². The molecule has 0 fully saturated rings. The summed E-state index contributed by atoms with van der Waals surface area (Å²) in [6.45, 7) is 6.08. The van der Waals surface area contributed by atoms with E-state index < -0.39 is 26.9 Å². The van der Waals surface area contributed by atoms with E-state index >= 15 is 0 Å². The van der Waals surface area contributed by atoms with Crippen molar-refractivity contribution >= 4 is 21.6 Å². The molecule has 8 nitrogen and oxygen atoms in total. The van der Waals surface area contributed by atoms with Crippen LogP contribution in [0.15, 0.2) is 53.4 Å². The number of rotatable bonds is 8. The van der Waals surface area contributed by atoms with Gasteiger partial charge in [0.15, 0.2) is 0 Å². The third-order valence-corrected chi connectivity index (χ3v) is 6.45. The fourth-order valence-electron chi connectivity index (χ4n) is 2.77. The number of amides is 1. The molecule has 0 heterocycles. The van der Waals surface area contributed by atoms with Crippen molar-refractivity contribution in [1.82, 2.24) is 9.62 Å². The highest BCUT2D eigenvalue weighted by Gasteiger charge is 2.22. The van der Waals surface area contributed by atoms with Crippen LogP contribution in [-0.2, 0) is 10.0 Å². The molecule has 1 atom stereocenters. The van der Waals surface area contributed by atoms with Crippen molar-refractivity contribution in [3.63, 3.8) is 0 Å². The van der Waals surface area contributed by atoms with E-state index in [4.69, 9.17) is 0 Å². The monoisotopic (exact) mass is 405 g/mol. The Kier molecular flexibility index (Phi) is 6.87. The maximum atomic E-state index is 12.5. The van der Waals surface area contributed by atoms with Gasteiger partial charge in [0, 0.05) is 30.8 Å². The van der Waals surface area contributed by atoms with E-state index in [1.165, 1.54) is 40.7 Å². The molecule has 0 aliphatic rings. The largest absolute Gasteiger partial charge is 0.346 e. The number of sulfonamides is 1. The number of hydrogen-bond donors (Lipinski definition) is 1. The average molecular weight is 405 g/mol. The lowest BCUT2D eigenvalue weighted by atomic mass is 10.1. The van der Waals surface area contributed by atoms with Gasteiger partial charge < -0.3 is 5.32 Å². The summed E-state index contributed by atoms with van der Waals surface area (Å²) >= 11 is 0. The molecular formula is C19H23N3O5S. The fraction of sp³-hybridized carbons (Fsp3) is 0.316. The molecule has 28 heavy (non-hydrogen) atoms. The number of carbonyl (C=O) groups excluding carboxylic acids is 1. The molecule has 1 amide bonds. The minimum atomic E-state index is -3.54. The molecular weight excluding hydrogens is 382 g/mol. The van der Waals surface area contributed by atoms with Crippen molar-refractivity contribution in [1.29, 1.82) is 0 Å². The lowest BCUT2D eigenvalue weighted by Gasteiger charge is -2.19. The van der Waals surface area contributed by atoms with Crippen LogP contribution in [0.5, 0.6) is 0 Å². The molecule has 0 radical (unpaired) electrons. The third-order valence-electron chi connectivity index (χ3n) is 4.39. The zero-order valence-electron chi connectivity index (χ0n) is 16.0. The van der Waals surface area contributed by atoms with E-state index in [-0.39, 0.29) is 16.1 Å². The van der Waals surface area contributed by atoms with Gasteiger partial charge in [-0.05, 0) is 30.7 Å². The predicted molar refractivity (Wildman–Crippen MR) is 106 cm³/mol. The second-order valence-electron chi connectivity index (χ2n) is 6.16. The summed E-state index contributed by atoms with van der Waals surface area (Å²) in [7, 11) is -3.54. The normalized spacial score (nSPS) is 12.6. The highest BCUT2D eigenvalue weighted by atomic mass is 32.2. The quantitative estimate of drug-likeness (QED) is 0.536. The Balaban J connectivity index is 2.15. The van der Waals surface area contributed by atoms with Gasteiger partial charge in [-0.3, -0.25) is 14.9 Å². The number of nitrogens with zero attached hydrogens (tertiary/aromatic N) is 2. The number of nitro groups is 1. The lowest BCUT2D eigenvalue weighted by Crippen LogP contribution is -2.30. The Bertz CT molecular complexity index is 954. The first kappa shape index (κ1) is 21.5. The Morgan fingerprint density at radius 2 is 1.75 bits per heavy atom. The van der Waals surface area contributed by atoms with E-state index in [0.29, 0.717) is 13.1 Å². The molecule has 2 rings (SSSR count). The van der Waals surface area contributed by atoms with Crippen LogP contribution in [-0.4, -0.2) is 36.6 Å². The number of hydrogen-bond acceptors (Lipinski definition) is 5. The van der Waals surface area contributed by atoms with Crippen LogP contribution in [0.25, 0.3) is 0 Å². The summed E-state index contributed by atoms with van der Waals surface area (Å²) in [5.41, 5.74) is 0.741. The van der Waals surface area contributed by atoms with Gasteiger partial charge in [0.1, 0.15) is 0 Å². The Labute approximate surface area is 164 Å². The Morgan fingerprint density at radius 3 is 2.29 bits per heavy atom. The molecule has 0 aliphatic heterocycles. The van der Waals surface area contributed by atoms with Crippen molar-refractivity contribution in [2.75, 3.05) is 13.1 Å². The van der Waals surface area contributed by atoms with Gasteiger partial charge in [-0.1, -0.05) is 32.0 Å². The summed E-state index contributed by atoms with van der Waals surface area (Å²) in [5.74, 6) is -0.448. The van der Waals surface area contributed by atoms with Crippen molar-refractivity contribution in [2.24, 2.45) is 0 Å². The second kappa shape index (κ2) is 8.94. The van der Waals surface area contributed by atoms with E-state index in [1.54, 1.807) is 32.9 Å². The number of carbonyl (C=O) groups is 1. The first-order valence-electron chi connectivity index (χ1n) is 8.86. The van der Waals surface area contributed by atoms with Gasteiger partial charge in [-0.2, -0.15) is 4.31 Å².